The van der Waals surface area contributed by atoms with Crippen LogP contribution in [0.25, 0.3) is 0 Å². The van der Waals surface area contributed by atoms with E-state index in [0.717, 1.165) is 40.0 Å². The van der Waals surface area contributed by atoms with Gasteiger partial charge < -0.3 is 10.0 Å². The van der Waals surface area contributed by atoms with Crippen molar-refractivity contribution in [3.05, 3.63) is 70.8 Å². The average Bonchev–Trinajstić information content (AvgIpc) is 2.79. The molecule has 3 amide bonds. The molecule has 1 atom stereocenters. The van der Waals surface area contributed by atoms with Crippen LogP contribution in [0, 0.1) is 0 Å². The Kier molecular flexibility index (Phi) is 3.84. The van der Waals surface area contributed by atoms with Crippen LogP contribution >= 0.6 is 0 Å². The number of nitrogens with zero attached hydrogens (tertiary/aromatic N) is 2. The highest BCUT2D eigenvalue weighted by atomic mass is 16.3. The van der Waals surface area contributed by atoms with Gasteiger partial charge in [-0.05, 0) is 35.1 Å². The van der Waals surface area contributed by atoms with Crippen LogP contribution in [0.5, 0.6) is 0 Å². The summed E-state index contributed by atoms with van der Waals surface area (Å²) in [6.45, 7) is 0. The average molecular weight is 350 g/mol. The number of aryl methyl sites for hydroxylation is 2. The van der Waals surface area contributed by atoms with E-state index in [1.807, 2.05) is 48.5 Å². The van der Waals surface area contributed by atoms with Gasteiger partial charge in [0.1, 0.15) is 5.60 Å². The number of imide groups is 1. The molecule has 0 unspecified atom stereocenters. The molecule has 5 nitrogen and oxygen atoms in total. The maximum Gasteiger partial charge on any atom is 0.326 e. The van der Waals surface area contributed by atoms with Crippen molar-refractivity contribution in [2.75, 3.05) is 14.1 Å². The smallest absolute Gasteiger partial charge is 0.326 e. The van der Waals surface area contributed by atoms with Gasteiger partial charge in [-0.1, -0.05) is 48.5 Å². The standard InChI is InChI=1S/C21H22N2O3/c1-22-18(13-19(24)23(2)20(22)25)21(26)16-9-5-3-7-14(16)11-12-15-8-4-6-10-17(15)21/h3-10,18,26H,11-13H2,1-2H3/t18-/m0/s1. The highest BCUT2D eigenvalue weighted by molar-refractivity contribution is 5.97. The summed E-state index contributed by atoms with van der Waals surface area (Å²) < 4.78 is 0. The topological polar surface area (TPSA) is 60.9 Å². The van der Waals surface area contributed by atoms with Gasteiger partial charge in [-0.15, -0.1) is 0 Å². The summed E-state index contributed by atoms with van der Waals surface area (Å²) in [7, 11) is 3.14. The zero-order chi connectivity index (χ0) is 18.5. The molecule has 2 aromatic rings. The normalized spacial score (nSPS) is 21.9. The molecule has 0 saturated carbocycles. The summed E-state index contributed by atoms with van der Waals surface area (Å²) in [4.78, 5) is 27.6. The lowest BCUT2D eigenvalue weighted by Gasteiger charge is -2.46. The Balaban J connectivity index is 1.96. The summed E-state index contributed by atoms with van der Waals surface area (Å²) in [5.41, 5.74) is 2.25. The summed E-state index contributed by atoms with van der Waals surface area (Å²) >= 11 is 0. The molecule has 1 saturated heterocycles. The molecule has 2 aliphatic rings. The minimum absolute atomic E-state index is 0.0813. The van der Waals surface area contributed by atoms with Crippen molar-refractivity contribution in [3.63, 3.8) is 0 Å². The van der Waals surface area contributed by atoms with E-state index in [0.29, 0.717) is 0 Å². The third-order valence-corrected chi connectivity index (χ3v) is 5.80. The zero-order valence-corrected chi connectivity index (χ0v) is 15.0. The fourth-order valence-electron chi connectivity index (χ4n) is 4.34. The summed E-state index contributed by atoms with van der Waals surface area (Å²) in [5, 5.41) is 12.1. The molecule has 1 heterocycles. The lowest BCUT2D eigenvalue weighted by atomic mass is 9.75. The number of carbonyl (C=O) groups is 2. The van der Waals surface area contributed by atoms with Crippen LogP contribution in [0.1, 0.15) is 28.7 Å². The molecule has 5 heteroatoms. The molecule has 0 bridgehead atoms. The SMILES string of the molecule is CN1C(=O)C[C@@H](C2(O)c3ccccc3CCc3ccccc32)N(C)C1=O. The molecule has 1 fully saturated rings. The second-order valence-electron chi connectivity index (χ2n) is 7.15. The van der Waals surface area contributed by atoms with E-state index in [1.54, 1.807) is 7.05 Å². The van der Waals surface area contributed by atoms with E-state index in [1.165, 1.54) is 11.9 Å². The molecule has 0 spiro atoms. The number of carbonyl (C=O) groups excluding carboxylic acids is 2. The summed E-state index contributed by atoms with van der Waals surface area (Å²) in [6, 6.07) is 14.5. The largest absolute Gasteiger partial charge is 0.378 e. The fourth-order valence-corrected chi connectivity index (χ4v) is 4.34. The minimum Gasteiger partial charge on any atom is -0.378 e. The van der Waals surface area contributed by atoms with Crippen LogP contribution in [0.4, 0.5) is 4.79 Å². The van der Waals surface area contributed by atoms with Gasteiger partial charge in [0.25, 0.3) is 0 Å². The van der Waals surface area contributed by atoms with Gasteiger partial charge in [0, 0.05) is 14.1 Å². The van der Waals surface area contributed by atoms with Crippen molar-refractivity contribution >= 4 is 11.9 Å². The number of fused-ring (bicyclic) bond motifs is 2. The molecule has 4 rings (SSSR count). The molecule has 1 aliphatic heterocycles. The fraction of sp³-hybridized carbons (Fsp3) is 0.333. The molecule has 134 valence electrons. The number of amides is 3. The van der Waals surface area contributed by atoms with Crippen LogP contribution in [0.15, 0.2) is 48.5 Å². The van der Waals surface area contributed by atoms with Crippen molar-refractivity contribution in [1.29, 1.82) is 0 Å². The van der Waals surface area contributed by atoms with Crippen LogP contribution in [-0.2, 0) is 23.2 Å². The van der Waals surface area contributed by atoms with E-state index < -0.39 is 11.6 Å². The Morgan fingerprint density at radius 3 is 1.96 bits per heavy atom. The number of hydrogen-bond acceptors (Lipinski definition) is 3. The third-order valence-electron chi connectivity index (χ3n) is 5.80. The Morgan fingerprint density at radius 1 is 0.923 bits per heavy atom. The van der Waals surface area contributed by atoms with Gasteiger partial charge in [-0.2, -0.15) is 0 Å². The Labute approximate surface area is 152 Å². The maximum atomic E-state index is 12.6. The van der Waals surface area contributed by atoms with Gasteiger partial charge in [0.2, 0.25) is 5.91 Å². The first-order valence-electron chi connectivity index (χ1n) is 8.87. The molecule has 0 aromatic heterocycles. The number of aliphatic hydroxyl groups is 1. The number of likely N-dealkylation sites (N-methyl/N-ethyl adjacent to an activating group) is 1. The quantitative estimate of drug-likeness (QED) is 0.858. The highest BCUT2D eigenvalue weighted by Crippen LogP contribution is 2.43. The van der Waals surface area contributed by atoms with Crippen molar-refractivity contribution in [1.82, 2.24) is 9.80 Å². The van der Waals surface area contributed by atoms with Gasteiger partial charge in [-0.3, -0.25) is 9.69 Å². The lowest BCUT2D eigenvalue weighted by Crippen LogP contribution is -2.61. The molecule has 26 heavy (non-hydrogen) atoms. The molecule has 1 aliphatic carbocycles. The van der Waals surface area contributed by atoms with Crippen molar-refractivity contribution in [2.45, 2.75) is 30.9 Å². The number of hydrogen-bond donors (Lipinski definition) is 1. The summed E-state index contributed by atoms with van der Waals surface area (Å²) in [6.07, 6.45) is 1.71. The molecular formula is C21H22N2O3. The van der Waals surface area contributed by atoms with Crippen LogP contribution in [0.2, 0.25) is 0 Å². The van der Waals surface area contributed by atoms with Gasteiger partial charge >= 0.3 is 6.03 Å². The predicted octanol–water partition coefficient (Wildman–Crippen LogP) is 2.30. The Morgan fingerprint density at radius 2 is 1.42 bits per heavy atom. The highest BCUT2D eigenvalue weighted by Gasteiger charge is 2.50. The summed E-state index contributed by atoms with van der Waals surface area (Å²) in [5.74, 6) is -0.272. The first-order chi connectivity index (χ1) is 12.4. The van der Waals surface area contributed by atoms with Crippen LogP contribution in [-0.4, -0.2) is 47.0 Å². The lowest BCUT2D eigenvalue weighted by molar-refractivity contribution is -0.135. The van der Waals surface area contributed by atoms with E-state index in [-0.39, 0.29) is 18.4 Å². The second-order valence-corrected chi connectivity index (χ2v) is 7.15. The van der Waals surface area contributed by atoms with Gasteiger partial charge in [-0.25, -0.2) is 4.79 Å². The monoisotopic (exact) mass is 350 g/mol. The van der Waals surface area contributed by atoms with E-state index in [2.05, 4.69) is 0 Å². The van der Waals surface area contributed by atoms with Crippen molar-refractivity contribution in [2.24, 2.45) is 0 Å². The minimum atomic E-state index is -1.43. The van der Waals surface area contributed by atoms with E-state index in [4.69, 9.17) is 0 Å². The first-order valence-corrected chi connectivity index (χ1v) is 8.87. The zero-order valence-electron chi connectivity index (χ0n) is 15.0. The third kappa shape index (κ3) is 2.27. The van der Waals surface area contributed by atoms with Gasteiger partial charge in [0.05, 0.1) is 12.5 Å². The number of benzene rings is 2. The molecule has 1 N–H and O–H groups in total. The van der Waals surface area contributed by atoms with Crippen molar-refractivity contribution in [3.8, 4) is 0 Å². The molecule has 2 aromatic carbocycles. The Bertz CT molecular complexity index is 845. The van der Waals surface area contributed by atoms with Gasteiger partial charge in [0.15, 0.2) is 0 Å². The number of rotatable bonds is 1. The van der Waals surface area contributed by atoms with Crippen LogP contribution in [0.3, 0.4) is 0 Å². The first kappa shape index (κ1) is 16.8. The van der Waals surface area contributed by atoms with E-state index in [9.17, 15) is 14.7 Å². The van der Waals surface area contributed by atoms with Crippen LogP contribution < -0.4 is 0 Å². The predicted molar refractivity (Wildman–Crippen MR) is 97.6 cm³/mol. The van der Waals surface area contributed by atoms with E-state index >= 15 is 0 Å². The number of urea groups is 1. The molecule has 0 radical (unpaired) electrons. The maximum absolute atomic E-state index is 12.6. The molecular weight excluding hydrogens is 328 g/mol. The Hall–Kier alpha value is -2.66. The second kappa shape index (κ2) is 5.95. The van der Waals surface area contributed by atoms with Crippen molar-refractivity contribution < 1.29 is 14.7 Å².